The number of alkyl halides is 1. The van der Waals surface area contributed by atoms with Crippen molar-refractivity contribution in [3.63, 3.8) is 0 Å². The van der Waals surface area contributed by atoms with E-state index >= 15 is 0 Å². The van der Waals surface area contributed by atoms with Crippen LogP contribution in [0.5, 0.6) is 0 Å². The predicted molar refractivity (Wildman–Crippen MR) is 74.0 cm³/mol. The van der Waals surface area contributed by atoms with Crippen LogP contribution in [0.15, 0.2) is 18.2 Å². The van der Waals surface area contributed by atoms with Gasteiger partial charge in [-0.05, 0) is 24.1 Å². The van der Waals surface area contributed by atoms with Crippen LogP contribution in [0.2, 0.25) is 5.02 Å². The third-order valence-corrected chi connectivity index (χ3v) is 3.69. The molecular weight excluding hydrogens is 289 g/mol. The minimum Gasteiger partial charge on any atom is -0.465 e. The molecule has 0 radical (unpaired) electrons. The summed E-state index contributed by atoms with van der Waals surface area (Å²) < 4.78 is 4.66. The first-order chi connectivity index (χ1) is 9.05. The SMILES string of the molecule is COC(=O)c1cc(Cl)cc(N2CC(CCl)CC2=O)c1. The Labute approximate surface area is 121 Å². The Bertz CT molecular complexity index is 519. The van der Waals surface area contributed by atoms with Gasteiger partial charge in [-0.2, -0.15) is 0 Å². The van der Waals surface area contributed by atoms with Crippen LogP contribution in [0.1, 0.15) is 16.8 Å². The van der Waals surface area contributed by atoms with E-state index in [0.717, 1.165) is 0 Å². The number of methoxy groups -OCH3 is 1. The number of rotatable bonds is 3. The van der Waals surface area contributed by atoms with E-state index in [1.54, 1.807) is 17.0 Å². The Morgan fingerprint density at radius 2 is 2.21 bits per heavy atom. The number of carbonyl (C=O) groups excluding carboxylic acids is 2. The molecule has 1 atom stereocenters. The molecule has 0 bridgehead atoms. The molecule has 1 aromatic carbocycles. The lowest BCUT2D eigenvalue weighted by Crippen LogP contribution is -2.25. The third kappa shape index (κ3) is 3.01. The largest absolute Gasteiger partial charge is 0.465 e. The number of amides is 1. The monoisotopic (exact) mass is 301 g/mol. The molecule has 1 heterocycles. The van der Waals surface area contributed by atoms with Crippen LogP contribution in [-0.4, -0.2) is 31.4 Å². The summed E-state index contributed by atoms with van der Waals surface area (Å²) >= 11 is 11.8. The molecule has 1 unspecified atom stereocenters. The van der Waals surface area contributed by atoms with Crippen molar-refractivity contribution in [2.75, 3.05) is 24.4 Å². The molecule has 1 fully saturated rings. The zero-order valence-electron chi connectivity index (χ0n) is 10.4. The molecule has 1 aliphatic heterocycles. The molecule has 2 rings (SSSR count). The number of hydrogen-bond donors (Lipinski definition) is 0. The van der Waals surface area contributed by atoms with E-state index in [4.69, 9.17) is 23.2 Å². The van der Waals surface area contributed by atoms with Crippen molar-refractivity contribution in [2.45, 2.75) is 6.42 Å². The second-order valence-electron chi connectivity index (χ2n) is 4.42. The van der Waals surface area contributed by atoms with Gasteiger partial charge in [0.05, 0.1) is 12.7 Å². The van der Waals surface area contributed by atoms with Crippen LogP contribution in [-0.2, 0) is 9.53 Å². The molecule has 0 saturated carbocycles. The van der Waals surface area contributed by atoms with E-state index in [1.807, 2.05) is 0 Å². The molecule has 102 valence electrons. The Balaban J connectivity index is 2.32. The minimum atomic E-state index is -0.482. The Morgan fingerprint density at radius 1 is 1.47 bits per heavy atom. The Kier molecular flexibility index (Phi) is 4.32. The second kappa shape index (κ2) is 5.80. The van der Waals surface area contributed by atoms with Crippen LogP contribution in [0, 0.1) is 5.92 Å². The first kappa shape index (κ1) is 14.2. The van der Waals surface area contributed by atoms with Gasteiger partial charge in [-0.3, -0.25) is 4.79 Å². The number of nitrogens with zero attached hydrogens (tertiary/aromatic N) is 1. The molecule has 4 nitrogen and oxygen atoms in total. The summed E-state index contributed by atoms with van der Waals surface area (Å²) in [6.45, 7) is 0.545. The average Bonchev–Trinajstić information content (AvgIpc) is 2.78. The molecule has 19 heavy (non-hydrogen) atoms. The van der Waals surface area contributed by atoms with Gasteiger partial charge >= 0.3 is 5.97 Å². The van der Waals surface area contributed by atoms with E-state index in [-0.39, 0.29) is 11.8 Å². The number of hydrogen-bond acceptors (Lipinski definition) is 3. The highest BCUT2D eigenvalue weighted by Crippen LogP contribution is 2.29. The summed E-state index contributed by atoms with van der Waals surface area (Å²) in [5.74, 6) is 0.0786. The van der Waals surface area contributed by atoms with Gasteiger partial charge in [-0.1, -0.05) is 11.6 Å². The molecular formula is C13H13Cl2NO3. The maximum absolute atomic E-state index is 11.9. The van der Waals surface area contributed by atoms with Gasteiger partial charge in [0.2, 0.25) is 5.91 Å². The molecule has 1 saturated heterocycles. The van der Waals surface area contributed by atoms with Crippen molar-refractivity contribution in [3.05, 3.63) is 28.8 Å². The molecule has 1 aliphatic rings. The number of ether oxygens (including phenoxy) is 1. The quantitative estimate of drug-likeness (QED) is 0.637. The number of esters is 1. The van der Waals surface area contributed by atoms with Gasteiger partial charge in [-0.15, -0.1) is 11.6 Å². The highest BCUT2D eigenvalue weighted by Gasteiger charge is 2.30. The van der Waals surface area contributed by atoms with E-state index in [0.29, 0.717) is 35.1 Å². The van der Waals surface area contributed by atoms with Gasteiger partial charge in [-0.25, -0.2) is 4.79 Å². The van der Waals surface area contributed by atoms with Crippen LogP contribution < -0.4 is 4.90 Å². The van der Waals surface area contributed by atoms with E-state index in [2.05, 4.69) is 4.74 Å². The highest BCUT2D eigenvalue weighted by molar-refractivity contribution is 6.31. The average molecular weight is 302 g/mol. The Morgan fingerprint density at radius 3 is 2.79 bits per heavy atom. The number of anilines is 1. The van der Waals surface area contributed by atoms with E-state index in [1.165, 1.54) is 13.2 Å². The summed E-state index contributed by atoms with van der Waals surface area (Å²) in [6, 6.07) is 4.77. The molecule has 6 heteroatoms. The zero-order chi connectivity index (χ0) is 14.0. The van der Waals surface area contributed by atoms with E-state index in [9.17, 15) is 9.59 Å². The van der Waals surface area contributed by atoms with Crippen molar-refractivity contribution in [3.8, 4) is 0 Å². The lowest BCUT2D eigenvalue weighted by Gasteiger charge is -2.17. The predicted octanol–water partition coefficient (Wildman–Crippen LogP) is 2.72. The zero-order valence-corrected chi connectivity index (χ0v) is 11.9. The van der Waals surface area contributed by atoms with Crippen molar-refractivity contribution in [1.82, 2.24) is 0 Å². The molecule has 0 aromatic heterocycles. The fourth-order valence-corrected chi connectivity index (χ4v) is 2.54. The molecule has 0 aliphatic carbocycles. The summed E-state index contributed by atoms with van der Waals surface area (Å²) in [5, 5.41) is 0.389. The number of halogens is 2. The van der Waals surface area contributed by atoms with Crippen LogP contribution >= 0.6 is 23.2 Å². The minimum absolute atomic E-state index is 0.0104. The van der Waals surface area contributed by atoms with Crippen LogP contribution in [0.4, 0.5) is 5.69 Å². The third-order valence-electron chi connectivity index (χ3n) is 3.04. The number of carbonyl (C=O) groups is 2. The smallest absolute Gasteiger partial charge is 0.337 e. The Hall–Kier alpha value is -1.26. The van der Waals surface area contributed by atoms with Crippen LogP contribution in [0.3, 0.4) is 0 Å². The maximum Gasteiger partial charge on any atom is 0.337 e. The van der Waals surface area contributed by atoms with Gasteiger partial charge in [0.1, 0.15) is 0 Å². The summed E-state index contributed by atoms with van der Waals surface area (Å²) in [6.07, 6.45) is 0.420. The lowest BCUT2D eigenvalue weighted by molar-refractivity contribution is -0.117. The second-order valence-corrected chi connectivity index (χ2v) is 5.16. The van der Waals surface area contributed by atoms with Crippen molar-refractivity contribution in [1.29, 1.82) is 0 Å². The molecule has 1 amide bonds. The van der Waals surface area contributed by atoms with Gasteiger partial charge in [0.15, 0.2) is 0 Å². The van der Waals surface area contributed by atoms with Gasteiger partial charge in [0, 0.05) is 29.6 Å². The van der Waals surface area contributed by atoms with Crippen molar-refractivity contribution >= 4 is 40.8 Å². The molecule has 0 spiro atoms. The molecule has 1 aromatic rings. The lowest BCUT2D eigenvalue weighted by atomic mass is 10.1. The van der Waals surface area contributed by atoms with Crippen molar-refractivity contribution < 1.29 is 14.3 Å². The van der Waals surface area contributed by atoms with Gasteiger partial charge < -0.3 is 9.64 Å². The molecule has 0 N–H and O–H groups in total. The number of benzene rings is 1. The highest BCUT2D eigenvalue weighted by atomic mass is 35.5. The normalized spacial score (nSPS) is 18.8. The fourth-order valence-electron chi connectivity index (χ4n) is 2.10. The van der Waals surface area contributed by atoms with Crippen molar-refractivity contribution in [2.24, 2.45) is 5.92 Å². The van der Waals surface area contributed by atoms with E-state index < -0.39 is 5.97 Å². The maximum atomic E-state index is 11.9. The fraction of sp³-hybridized carbons (Fsp3) is 0.385. The summed E-state index contributed by atoms with van der Waals surface area (Å²) in [4.78, 5) is 25.0. The van der Waals surface area contributed by atoms with Gasteiger partial charge in [0.25, 0.3) is 0 Å². The first-order valence-electron chi connectivity index (χ1n) is 5.80. The summed E-state index contributed by atoms with van der Waals surface area (Å²) in [7, 11) is 1.30. The topological polar surface area (TPSA) is 46.6 Å². The first-order valence-corrected chi connectivity index (χ1v) is 6.71. The standard InChI is InChI=1S/C13H13Cl2NO3/c1-19-13(18)9-3-10(15)5-11(4-9)16-7-8(6-14)2-12(16)17/h3-5,8H,2,6-7H2,1H3. The van der Waals surface area contributed by atoms with Crippen LogP contribution in [0.25, 0.3) is 0 Å². The summed E-state index contributed by atoms with van der Waals surface area (Å²) in [5.41, 5.74) is 0.928.